The fourth-order valence-electron chi connectivity index (χ4n) is 5.47. The van der Waals surface area contributed by atoms with Gasteiger partial charge in [0.2, 0.25) is 15.9 Å². The Morgan fingerprint density at radius 2 is 1.25 bits per heavy atom. The maximum absolute atomic E-state index is 14.3. The molecule has 0 spiro atoms. The highest BCUT2D eigenvalue weighted by Gasteiger charge is 2.30. The summed E-state index contributed by atoms with van der Waals surface area (Å²) in [7, 11) is -4.18. The van der Waals surface area contributed by atoms with Gasteiger partial charge in [0.15, 0.2) is 0 Å². The van der Waals surface area contributed by atoms with Gasteiger partial charge in [-0.05, 0) is 70.5 Å². The van der Waals surface area contributed by atoms with Crippen LogP contribution in [0, 0.1) is 5.92 Å². The number of amides is 1. The van der Waals surface area contributed by atoms with E-state index in [9.17, 15) is 28.2 Å². The number of aromatic carboxylic acids is 1. The summed E-state index contributed by atoms with van der Waals surface area (Å²) in [5.74, 6) is -1.90. The van der Waals surface area contributed by atoms with Gasteiger partial charge in [-0.25, -0.2) is 13.2 Å². The number of carboxylic acids is 1. The molecule has 0 aromatic heterocycles. The summed E-state index contributed by atoms with van der Waals surface area (Å²) >= 11 is 0. The zero-order chi connectivity index (χ0) is 34.3. The molecule has 0 fully saturated rings. The molecule has 48 heavy (non-hydrogen) atoms. The second-order valence-corrected chi connectivity index (χ2v) is 14.0. The van der Waals surface area contributed by atoms with Crippen molar-refractivity contribution in [1.29, 1.82) is 0 Å². The molecule has 246 valence electrons. The number of benzene rings is 5. The van der Waals surface area contributed by atoms with Crippen molar-refractivity contribution < 1.29 is 28.2 Å². The molecule has 8 nitrogen and oxygen atoms in total. The second-order valence-electron chi connectivity index (χ2n) is 12.1. The van der Waals surface area contributed by atoms with Crippen LogP contribution in [0.5, 0.6) is 5.75 Å². The van der Waals surface area contributed by atoms with Crippen LogP contribution in [-0.2, 0) is 34.3 Å². The summed E-state index contributed by atoms with van der Waals surface area (Å²) < 4.78 is 29.5. The lowest BCUT2D eigenvalue weighted by molar-refractivity contribution is -0.119. The van der Waals surface area contributed by atoms with E-state index in [4.69, 9.17) is 0 Å². The quantitative estimate of drug-likeness (QED) is 0.136. The first-order chi connectivity index (χ1) is 23.0. The van der Waals surface area contributed by atoms with Crippen LogP contribution in [0.2, 0.25) is 0 Å². The van der Waals surface area contributed by atoms with Gasteiger partial charge in [-0.3, -0.25) is 4.79 Å². The summed E-state index contributed by atoms with van der Waals surface area (Å²) in [6, 6.07) is 36.9. The van der Waals surface area contributed by atoms with Gasteiger partial charge in [0, 0.05) is 12.2 Å². The van der Waals surface area contributed by atoms with Gasteiger partial charge < -0.3 is 15.1 Å². The number of phenols is 1. The van der Waals surface area contributed by atoms with Crippen LogP contribution >= 0.6 is 0 Å². The molecule has 0 atom stereocenters. The highest BCUT2D eigenvalue weighted by Crippen LogP contribution is 2.28. The molecular weight excluding hydrogens is 625 g/mol. The van der Waals surface area contributed by atoms with E-state index in [0.29, 0.717) is 11.5 Å². The number of aromatic hydroxyl groups is 1. The molecule has 0 aliphatic carbocycles. The molecule has 0 saturated heterocycles. The van der Waals surface area contributed by atoms with Gasteiger partial charge >= 0.3 is 5.97 Å². The normalized spacial score (nSPS) is 11.5. The Kier molecular flexibility index (Phi) is 10.7. The van der Waals surface area contributed by atoms with Gasteiger partial charge in [0.25, 0.3) is 0 Å². The zero-order valence-corrected chi connectivity index (χ0v) is 27.7. The number of carbonyl (C=O) groups excluding carboxylic acids is 1. The average molecular weight is 663 g/mol. The molecule has 1 amide bonds. The molecule has 0 bridgehead atoms. The smallest absolute Gasteiger partial charge is 0.339 e. The van der Waals surface area contributed by atoms with Crippen molar-refractivity contribution in [1.82, 2.24) is 4.31 Å². The summed E-state index contributed by atoms with van der Waals surface area (Å²) in [4.78, 5) is 27.5. The number of nitrogens with zero attached hydrogens (tertiary/aromatic N) is 2. The van der Waals surface area contributed by atoms with Crippen molar-refractivity contribution in [2.45, 2.75) is 38.3 Å². The molecule has 0 aliphatic heterocycles. The predicted octanol–water partition coefficient (Wildman–Crippen LogP) is 7.38. The van der Waals surface area contributed by atoms with E-state index in [2.05, 4.69) is 13.8 Å². The molecule has 2 N–H and O–H groups in total. The monoisotopic (exact) mass is 662 g/mol. The molecule has 0 heterocycles. The lowest BCUT2D eigenvalue weighted by Crippen LogP contribution is -2.42. The van der Waals surface area contributed by atoms with Gasteiger partial charge in [0.1, 0.15) is 11.3 Å². The van der Waals surface area contributed by atoms with E-state index < -0.39 is 34.2 Å². The number of carbonyl (C=O) groups is 2. The summed E-state index contributed by atoms with van der Waals surface area (Å²) in [6.45, 7) is 3.73. The van der Waals surface area contributed by atoms with E-state index in [1.54, 1.807) is 36.4 Å². The molecule has 0 radical (unpaired) electrons. The van der Waals surface area contributed by atoms with Crippen molar-refractivity contribution in [2.24, 2.45) is 5.92 Å². The Morgan fingerprint density at radius 1 is 0.688 bits per heavy atom. The number of rotatable bonds is 13. The number of carboxylic acid groups (broad SMARTS) is 1. The van der Waals surface area contributed by atoms with E-state index in [1.165, 1.54) is 35.2 Å². The molecule has 5 aromatic carbocycles. The third-order valence-electron chi connectivity index (χ3n) is 7.94. The Bertz CT molecular complexity index is 1960. The highest BCUT2D eigenvalue weighted by molar-refractivity contribution is 7.89. The highest BCUT2D eigenvalue weighted by atomic mass is 32.2. The first-order valence-electron chi connectivity index (χ1n) is 15.7. The van der Waals surface area contributed by atoms with Crippen LogP contribution < -0.4 is 4.90 Å². The van der Waals surface area contributed by atoms with Crippen LogP contribution in [0.25, 0.3) is 11.1 Å². The van der Waals surface area contributed by atoms with Crippen molar-refractivity contribution >= 4 is 27.6 Å². The molecule has 5 aromatic rings. The van der Waals surface area contributed by atoms with Gasteiger partial charge in [-0.2, -0.15) is 4.31 Å². The summed E-state index contributed by atoms with van der Waals surface area (Å²) in [6.07, 6.45) is 0.890. The third-order valence-corrected chi connectivity index (χ3v) is 9.75. The fourth-order valence-corrected chi connectivity index (χ4v) is 6.85. The van der Waals surface area contributed by atoms with E-state index in [0.717, 1.165) is 33.0 Å². The van der Waals surface area contributed by atoms with Crippen LogP contribution in [0.15, 0.2) is 132 Å². The Labute approximate surface area is 281 Å². The minimum Gasteiger partial charge on any atom is -0.507 e. The van der Waals surface area contributed by atoms with Crippen molar-refractivity contribution in [3.05, 3.63) is 150 Å². The van der Waals surface area contributed by atoms with Crippen LogP contribution in [0.1, 0.15) is 40.9 Å². The minimum absolute atomic E-state index is 0.0380. The lowest BCUT2D eigenvalue weighted by Gasteiger charge is -2.28. The Hall–Kier alpha value is -5.25. The SMILES string of the molecule is CC(C)Cc1ccc(CN(C(=O)CN(Cc2ccccc2)S(=O)(=O)c2ccc(-c3ccccc3)cc2)c2ccc(O)c(C(=O)O)c2)cc1. The third kappa shape index (κ3) is 8.36. The van der Waals surface area contributed by atoms with Crippen molar-refractivity contribution in [3.63, 3.8) is 0 Å². The Balaban J connectivity index is 1.50. The zero-order valence-electron chi connectivity index (χ0n) is 26.9. The number of anilines is 1. The lowest BCUT2D eigenvalue weighted by atomic mass is 10.0. The summed E-state index contributed by atoms with van der Waals surface area (Å²) in [5.41, 5.74) is 4.25. The summed E-state index contributed by atoms with van der Waals surface area (Å²) in [5, 5.41) is 19.9. The van der Waals surface area contributed by atoms with Gasteiger partial charge in [-0.15, -0.1) is 0 Å². The van der Waals surface area contributed by atoms with Gasteiger partial charge in [-0.1, -0.05) is 111 Å². The topological polar surface area (TPSA) is 115 Å². The first kappa shape index (κ1) is 34.1. The van der Waals surface area contributed by atoms with Crippen LogP contribution in [0.4, 0.5) is 5.69 Å². The molecule has 9 heteroatoms. The largest absolute Gasteiger partial charge is 0.507 e. The Morgan fingerprint density at radius 3 is 1.85 bits per heavy atom. The number of hydrogen-bond acceptors (Lipinski definition) is 5. The molecule has 5 rings (SSSR count). The maximum atomic E-state index is 14.3. The van der Waals surface area contributed by atoms with Crippen LogP contribution in [0.3, 0.4) is 0 Å². The van der Waals surface area contributed by atoms with Gasteiger partial charge in [0.05, 0.1) is 18.0 Å². The minimum atomic E-state index is -4.18. The molecule has 0 unspecified atom stereocenters. The van der Waals surface area contributed by atoms with E-state index in [1.807, 2.05) is 60.7 Å². The van der Waals surface area contributed by atoms with E-state index in [-0.39, 0.29) is 29.2 Å². The fraction of sp³-hybridized carbons (Fsp3) is 0.179. The average Bonchev–Trinajstić information content (AvgIpc) is 3.08. The number of hydrogen-bond donors (Lipinski definition) is 2. The molecule has 0 saturated carbocycles. The first-order valence-corrected chi connectivity index (χ1v) is 17.1. The molecular formula is C39H38N2O6S. The predicted molar refractivity (Wildman–Crippen MR) is 187 cm³/mol. The second kappa shape index (κ2) is 15.1. The maximum Gasteiger partial charge on any atom is 0.339 e. The van der Waals surface area contributed by atoms with Crippen LogP contribution in [-0.4, -0.2) is 41.4 Å². The number of sulfonamides is 1. The molecule has 0 aliphatic rings. The van der Waals surface area contributed by atoms with Crippen molar-refractivity contribution in [3.8, 4) is 16.9 Å². The van der Waals surface area contributed by atoms with E-state index >= 15 is 0 Å². The standard InChI is InChI=1S/C39H38N2O6S/c1-28(2)23-29-13-15-31(16-14-29)26-41(34-19-22-37(42)36(24-34)39(44)45)38(43)27-40(25-30-9-5-3-6-10-30)48(46,47)35-20-17-33(18-21-35)32-11-7-4-8-12-32/h3-22,24,28,42H,23,25-27H2,1-2H3,(H,44,45). The van der Waals surface area contributed by atoms with Crippen molar-refractivity contribution in [2.75, 3.05) is 11.4 Å².